The molecule has 0 aliphatic carbocycles. The Morgan fingerprint density at radius 1 is 1.52 bits per heavy atom. The predicted molar refractivity (Wildman–Crippen MR) is 80.0 cm³/mol. The number of terminal acetylenes is 1. The predicted octanol–water partition coefficient (Wildman–Crippen LogP) is 2.58. The number of ether oxygens (including phenoxy) is 1. The highest BCUT2D eigenvalue weighted by molar-refractivity contribution is 6.34. The van der Waals surface area contributed by atoms with E-state index in [0.29, 0.717) is 6.42 Å². The molecule has 2 amide bonds. The van der Waals surface area contributed by atoms with Gasteiger partial charge < -0.3 is 20.5 Å². The molecule has 7 heteroatoms. The molecule has 112 valence electrons. The fourth-order valence-corrected chi connectivity index (χ4v) is 1.77. The van der Waals surface area contributed by atoms with Crippen molar-refractivity contribution >= 4 is 29.3 Å². The molecule has 0 heterocycles. The summed E-state index contributed by atoms with van der Waals surface area (Å²) < 4.78 is 4.96. The van der Waals surface area contributed by atoms with Gasteiger partial charge >= 0.3 is 12.0 Å². The van der Waals surface area contributed by atoms with Crippen LogP contribution in [0.5, 0.6) is 5.75 Å². The third-order valence-electron chi connectivity index (χ3n) is 2.68. The highest BCUT2D eigenvalue weighted by atomic mass is 35.5. The number of nitrogens with one attached hydrogen (secondary N) is 2. The Morgan fingerprint density at radius 2 is 2.19 bits per heavy atom. The zero-order valence-electron chi connectivity index (χ0n) is 11.6. The van der Waals surface area contributed by atoms with Crippen LogP contribution in [0.25, 0.3) is 0 Å². The summed E-state index contributed by atoms with van der Waals surface area (Å²) in [5.74, 6) is 1.33. The second-order valence-electron chi connectivity index (χ2n) is 4.06. The lowest BCUT2D eigenvalue weighted by Crippen LogP contribution is -2.36. The number of hydrogen-bond acceptors (Lipinski definition) is 3. The Balaban J connectivity index is 2.97. The fourth-order valence-electron chi connectivity index (χ4n) is 1.56. The molecule has 1 rings (SSSR count). The van der Waals surface area contributed by atoms with Crippen LogP contribution in [0.3, 0.4) is 0 Å². The van der Waals surface area contributed by atoms with Crippen molar-refractivity contribution in [2.75, 3.05) is 12.4 Å². The van der Waals surface area contributed by atoms with E-state index in [1.165, 1.54) is 19.2 Å². The van der Waals surface area contributed by atoms with Crippen LogP contribution in [0.1, 0.15) is 23.7 Å². The lowest BCUT2D eigenvalue weighted by atomic mass is 10.2. The Labute approximate surface area is 127 Å². The van der Waals surface area contributed by atoms with Crippen LogP contribution >= 0.6 is 11.6 Å². The highest BCUT2D eigenvalue weighted by Gasteiger charge is 2.16. The first-order chi connectivity index (χ1) is 9.92. The summed E-state index contributed by atoms with van der Waals surface area (Å²) in [4.78, 5) is 22.8. The van der Waals surface area contributed by atoms with Crippen LogP contribution in [-0.4, -0.2) is 30.3 Å². The molecule has 1 atom stereocenters. The lowest BCUT2D eigenvalue weighted by molar-refractivity contribution is 0.0693. The lowest BCUT2D eigenvalue weighted by Gasteiger charge is -2.14. The maximum Gasteiger partial charge on any atom is 0.339 e. The van der Waals surface area contributed by atoms with Gasteiger partial charge in [0.25, 0.3) is 0 Å². The van der Waals surface area contributed by atoms with E-state index in [2.05, 4.69) is 16.6 Å². The smallest absolute Gasteiger partial charge is 0.339 e. The number of amides is 2. The van der Waals surface area contributed by atoms with Gasteiger partial charge in [-0.05, 0) is 12.5 Å². The van der Waals surface area contributed by atoms with Gasteiger partial charge in [-0.2, -0.15) is 0 Å². The number of urea groups is 1. The van der Waals surface area contributed by atoms with Crippen molar-refractivity contribution < 1.29 is 19.4 Å². The van der Waals surface area contributed by atoms with Gasteiger partial charge in [-0.15, -0.1) is 6.42 Å². The molecule has 0 saturated carbocycles. The van der Waals surface area contributed by atoms with E-state index in [4.69, 9.17) is 27.9 Å². The van der Waals surface area contributed by atoms with Crippen molar-refractivity contribution in [1.29, 1.82) is 0 Å². The largest absolute Gasteiger partial charge is 0.496 e. The number of anilines is 1. The molecule has 0 aromatic heterocycles. The van der Waals surface area contributed by atoms with Gasteiger partial charge in [-0.1, -0.05) is 24.4 Å². The summed E-state index contributed by atoms with van der Waals surface area (Å²) in [7, 11) is 1.32. The molecule has 1 unspecified atom stereocenters. The summed E-state index contributed by atoms with van der Waals surface area (Å²) in [6, 6.07) is 1.61. The van der Waals surface area contributed by atoms with Gasteiger partial charge in [0, 0.05) is 6.07 Å². The van der Waals surface area contributed by atoms with Crippen molar-refractivity contribution in [1.82, 2.24) is 5.32 Å². The van der Waals surface area contributed by atoms with Crippen molar-refractivity contribution in [2.24, 2.45) is 0 Å². The molecule has 3 N–H and O–H groups in total. The molecule has 0 bridgehead atoms. The second kappa shape index (κ2) is 7.41. The van der Waals surface area contributed by atoms with Crippen LogP contribution in [-0.2, 0) is 0 Å². The molecule has 0 saturated heterocycles. The van der Waals surface area contributed by atoms with Crippen LogP contribution < -0.4 is 15.4 Å². The molecule has 0 aliphatic heterocycles. The molecule has 1 aromatic rings. The topological polar surface area (TPSA) is 87.7 Å². The summed E-state index contributed by atoms with van der Waals surface area (Å²) in [6.07, 6.45) is 5.83. The SMILES string of the molecule is C#CC(CC)NC(=O)Nc1cc(OC)c(C(=O)O)cc1Cl. The first-order valence-corrected chi connectivity index (χ1v) is 6.45. The number of rotatable bonds is 5. The van der Waals surface area contributed by atoms with Crippen LogP contribution in [0.15, 0.2) is 12.1 Å². The first-order valence-electron chi connectivity index (χ1n) is 6.07. The third-order valence-corrected chi connectivity index (χ3v) is 3.00. The van der Waals surface area contributed by atoms with Crippen LogP contribution in [0, 0.1) is 12.3 Å². The number of carboxylic acids is 1. The van der Waals surface area contributed by atoms with E-state index in [1.54, 1.807) is 0 Å². The standard InChI is InChI=1S/C14H15ClN2O4/c1-4-8(5-2)16-14(20)17-11-7-12(21-3)9(13(18)19)6-10(11)15/h1,6-8H,5H2,2-3H3,(H,18,19)(H2,16,17,20). The van der Waals surface area contributed by atoms with Gasteiger partial charge in [-0.3, -0.25) is 0 Å². The molecule has 21 heavy (non-hydrogen) atoms. The van der Waals surface area contributed by atoms with E-state index in [0.717, 1.165) is 0 Å². The minimum atomic E-state index is -1.18. The summed E-state index contributed by atoms with van der Waals surface area (Å²) in [5, 5.41) is 14.2. The van der Waals surface area contributed by atoms with Crippen molar-refractivity contribution in [3.8, 4) is 18.1 Å². The first kappa shape index (κ1) is 16.7. The van der Waals surface area contributed by atoms with Gasteiger partial charge in [0.1, 0.15) is 11.3 Å². The van der Waals surface area contributed by atoms with Crippen molar-refractivity contribution in [3.05, 3.63) is 22.7 Å². The third kappa shape index (κ3) is 4.29. The van der Waals surface area contributed by atoms with E-state index in [1.807, 2.05) is 6.92 Å². The van der Waals surface area contributed by atoms with E-state index >= 15 is 0 Å². The molecule has 0 aliphatic rings. The second-order valence-corrected chi connectivity index (χ2v) is 4.47. The monoisotopic (exact) mass is 310 g/mol. The Hall–Kier alpha value is -2.39. The maximum absolute atomic E-state index is 11.8. The molecule has 6 nitrogen and oxygen atoms in total. The Bertz CT molecular complexity index is 595. The van der Waals surface area contributed by atoms with Crippen molar-refractivity contribution in [3.63, 3.8) is 0 Å². The number of benzene rings is 1. The minimum absolute atomic E-state index is 0.0807. The van der Waals surface area contributed by atoms with Gasteiger partial charge in [0.05, 0.1) is 23.9 Å². The average molecular weight is 311 g/mol. The fraction of sp³-hybridized carbons (Fsp3) is 0.286. The zero-order chi connectivity index (χ0) is 16.0. The minimum Gasteiger partial charge on any atom is -0.496 e. The molecule has 0 spiro atoms. The number of aromatic carboxylic acids is 1. The van der Waals surface area contributed by atoms with E-state index in [9.17, 15) is 9.59 Å². The zero-order valence-corrected chi connectivity index (χ0v) is 12.3. The molecule has 1 aromatic carbocycles. The van der Waals surface area contributed by atoms with E-state index in [-0.39, 0.29) is 22.0 Å². The number of carboxylic acid groups (broad SMARTS) is 1. The number of hydrogen-bond donors (Lipinski definition) is 3. The quantitative estimate of drug-likeness (QED) is 0.729. The van der Waals surface area contributed by atoms with Gasteiger partial charge in [0.15, 0.2) is 0 Å². The Kier molecular flexibility index (Phi) is 5.88. The maximum atomic E-state index is 11.8. The number of carbonyl (C=O) groups is 2. The van der Waals surface area contributed by atoms with Gasteiger partial charge in [0.2, 0.25) is 0 Å². The summed E-state index contributed by atoms with van der Waals surface area (Å²) >= 11 is 5.95. The van der Waals surface area contributed by atoms with Crippen molar-refractivity contribution in [2.45, 2.75) is 19.4 Å². The summed E-state index contributed by atoms with van der Waals surface area (Å²) in [5.41, 5.74) is 0.131. The van der Waals surface area contributed by atoms with Gasteiger partial charge in [-0.25, -0.2) is 9.59 Å². The van der Waals surface area contributed by atoms with E-state index < -0.39 is 18.0 Å². The average Bonchev–Trinajstić information content (AvgIpc) is 2.46. The molecular formula is C14H15ClN2O4. The number of halogens is 1. The molecule has 0 fully saturated rings. The molecular weight excluding hydrogens is 296 g/mol. The molecule has 0 radical (unpaired) electrons. The Morgan fingerprint density at radius 3 is 2.67 bits per heavy atom. The normalized spacial score (nSPS) is 11.1. The van der Waals surface area contributed by atoms with Crippen LogP contribution in [0.4, 0.5) is 10.5 Å². The van der Waals surface area contributed by atoms with Crippen LogP contribution in [0.2, 0.25) is 5.02 Å². The number of methoxy groups -OCH3 is 1. The summed E-state index contributed by atoms with van der Waals surface area (Å²) in [6.45, 7) is 1.84. The number of carbonyl (C=O) groups excluding carboxylic acids is 1. The highest BCUT2D eigenvalue weighted by Crippen LogP contribution is 2.30.